The van der Waals surface area contributed by atoms with E-state index in [-0.39, 0.29) is 22.8 Å². The molecule has 0 saturated carbocycles. The Morgan fingerprint density at radius 2 is 1.68 bits per heavy atom. The SMILES string of the molecule is O=C(NNc1ncnc(Nc2ccc(F)c(F)c2)c1[N+](=O)[O-])c1cccc([N+](=O)[O-])c1. The number of aromatic nitrogens is 2. The molecule has 2 aromatic carbocycles. The summed E-state index contributed by atoms with van der Waals surface area (Å²) in [6.07, 6.45) is 0.928. The van der Waals surface area contributed by atoms with E-state index in [4.69, 9.17) is 0 Å². The quantitative estimate of drug-likeness (QED) is 0.376. The number of nitrogens with zero attached hydrogens (tertiary/aromatic N) is 4. The van der Waals surface area contributed by atoms with Crippen molar-refractivity contribution in [1.29, 1.82) is 0 Å². The molecule has 0 fully saturated rings. The molecule has 0 aliphatic heterocycles. The third-order valence-electron chi connectivity index (χ3n) is 3.80. The summed E-state index contributed by atoms with van der Waals surface area (Å²) in [6.45, 7) is 0. The van der Waals surface area contributed by atoms with E-state index in [1.807, 2.05) is 0 Å². The highest BCUT2D eigenvalue weighted by Crippen LogP contribution is 2.31. The number of hydrazine groups is 1. The molecule has 158 valence electrons. The first kappa shape index (κ1) is 21.0. The number of hydrogen-bond donors (Lipinski definition) is 3. The maximum absolute atomic E-state index is 13.4. The standard InChI is InChI=1S/C17H11F2N7O5/c18-12-5-4-10(7-13(12)19)22-15-14(26(30)31)16(21-8-20-15)23-24-17(27)9-2-1-3-11(6-9)25(28)29/h1-8H,(H,24,27)(H2,20,21,22,23). The van der Waals surface area contributed by atoms with Crippen LogP contribution in [0.2, 0.25) is 0 Å². The van der Waals surface area contributed by atoms with E-state index in [1.165, 1.54) is 18.2 Å². The van der Waals surface area contributed by atoms with E-state index in [0.717, 1.165) is 30.6 Å². The van der Waals surface area contributed by atoms with Gasteiger partial charge in [-0.1, -0.05) is 6.07 Å². The van der Waals surface area contributed by atoms with Gasteiger partial charge in [-0.15, -0.1) is 0 Å². The van der Waals surface area contributed by atoms with E-state index in [2.05, 4.69) is 26.1 Å². The second-order valence-electron chi connectivity index (χ2n) is 5.82. The summed E-state index contributed by atoms with van der Waals surface area (Å²) >= 11 is 0. The van der Waals surface area contributed by atoms with Crippen LogP contribution in [0.25, 0.3) is 0 Å². The van der Waals surface area contributed by atoms with Gasteiger partial charge in [0.15, 0.2) is 11.6 Å². The lowest BCUT2D eigenvalue weighted by molar-refractivity contribution is -0.384. The molecule has 0 aliphatic carbocycles. The molecule has 1 heterocycles. The number of anilines is 3. The fourth-order valence-electron chi connectivity index (χ4n) is 2.39. The Labute approximate surface area is 171 Å². The number of non-ortho nitro benzene ring substituents is 1. The van der Waals surface area contributed by atoms with Crippen LogP contribution in [0.5, 0.6) is 0 Å². The molecule has 0 aliphatic rings. The molecule has 3 aromatic rings. The lowest BCUT2D eigenvalue weighted by Gasteiger charge is -2.11. The van der Waals surface area contributed by atoms with Crippen LogP contribution in [-0.2, 0) is 0 Å². The van der Waals surface area contributed by atoms with Crippen molar-refractivity contribution in [1.82, 2.24) is 15.4 Å². The zero-order valence-corrected chi connectivity index (χ0v) is 15.2. The highest BCUT2D eigenvalue weighted by atomic mass is 19.2. The molecule has 1 amide bonds. The van der Waals surface area contributed by atoms with Crippen LogP contribution in [0.3, 0.4) is 0 Å². The molecule has 3 rings (SSSR count). The van der Waals surface area contributed by atoms with Gasteiger partial charge in [-0.05, 0) is 18.2 Å². The van der Waals surface area contributed by atoms with Crippen LogP contribution >= 0.6 is 0 Å². The lowest BCUT2D eigenvalue weighted by atomic mass is 10.2. The van der Waals surface area contributed by atoms with Gasteiger partial charge in [0, 0.05) is 29.4 Å². The van der Waals surface area contributed by atoms with E-state index in [0.29, 0.717) is 0 Å². The fraction of sp³-hybridized carbons (Fsp3) is 0. The first-order chi connectivity index (χ1) is 14.8. The number of nitro groups is 2. The molecular weight excluding hydrogens is 420 g/mol. The normalized spacial score (nSPS) is 10.3. The molecule has 3 N–H and O–H groups in total. The summed E-state index contributed by atoms with van der Waals surface area (Å²) in [7, 11) is 0. The van der Waals surface area contributed by atoms with Crippen LogP contribution < -0.4 is 16.2 Å². The minimum Gasteiger partial charge on any atom is -0.334 e. The van der Waals surface area contributed by atoms with Crippen molar-refractivity contribution in [3.63, 3.8) is 0 Å². The third-order valence-corrected chi connectivity index (χ3v) is 3.80. The average Bonchev–Trinajstić information content (AvgIpc) is 2.74. The Bertz CT molecular complexity index is 1190. The molecular formula is C17H11F2N7O5. The Morgan fingerprint density at radius 1 is 0.935 bits per heavy atom. The smallest absolute Gasteiger partial charge is 0.334 e. The maximum atomic E-state index is 13.4. The van der Waals surface area contributed by atoms with Gasteiger partial charge in [-0.2, -0.15) is 0 Å². The molecule has 1 aromatic heterocycles. The Hall–Kier alpha value is -4.75. The van der Waals surface area contributed by atoms with Crippen molar-refractivity contribution in [3.05, 3.63) is 86.2 Å². The van der Waals surface area contributed by atoms with Gasteiger partial charge in [-0.3, -0.25) is 35.9 Å². The fourth-order valence-corrected chi connectivity index (χ4v) is 2.39. The molecule has 0 saturated heterocycles. The minimum absolute atomic E-state index is 0.0210. The van der Waals surface area contributed by atoms with Crippen molar-refractivity contribution in [2.45, 2.75) is 0 Å². The van der Waals surface area contributed by atoms with Crippen LogP contribution in [0.4, 0.5) is 37.5 Å². The summed E-state index contributed by atoms with van der Waals surface area (Å²) < 4.78 is 26.5. The van der Waals surface area contributed by atoms with Gasteiger partial charge < -0.3 is 5.32 Å². The van der Waals surface area contributed by atoms with Gasteiger partial charge in [0.25, 0.3) is 11.6 Å². The molecule has 0 spiro atoms. The number of rotatable bonds is 7. The second kappa shape index (κ2) is 8.73. The molecule has 14 heteroatoms. The molecule has 31 heavy (non-hydrogen) atoms. The van der Waals surface area contributed by atoms with Gasteiger partial charge in [0.2, 0.25) is 11.6 Å². The van der Waals surface area contributed by atoms with Crippen molar-refractivity contribution in [3.8, 4) is 0 Å². The lowest BCUT2D eigenvalue weighted by Crippen LogP contribution is -2.30. The molecule has 0 bridgehead atoms. The van der Waals surface area contributed by atoms with E-state index in [9.17, 15) is 33.8 Å². The number of hydrogen-bond acceptors (Lipinski definition) is 9. The topological polar surface area (TPSA) is 165 Å². The highest BCUT2D eigenvalue weighted by Gasteiger charge is 2.24. The predicted octanol–water partition coefficient (Wildman–Crippen LogP) is 3.07. The van der Waals surface area contributed by atoms with Crippen molar-refractivity contribution < 1.29 is 23.4 Å². The van der Waals surface area contributed by atoms with Crippen LogP contribution in [0.1, 0.15) is 10.4 Å². The number of nitro benzene ring substituents is 1. The Morgan fingerprint density at radius 3 is 2.35 bits per heavy atom. The average molecular weight is 431 g/mol. The Balaban J connectivity index is 1.83. The number of amides is 1. The number of halogens is 2. The number of benzene rings is 2. The van der Waals surface area contributed by atoms with Crippen LogP contribution in [0.15, 0.2) is 48.8 Å². The maximum Gasteiger partial charge on any atom is 0.355 e. The summed E-state index contributed by atoms with van der Waals surface area (Å²) in [5, 5.41) is 24.8. The first-order valence-electron chi connectivity index (χ1n) is 8.28. The van der Waals surface area contributed by atoms with Crippen molar-refractivity contribution in [2.75, 3.05) is 10.7 Å². The Kier molecular flexibility index (Phi) is 5.90. The summed E-state index contributed by atoms with van der Waals surface area (Å²) in [6, 6.07) is 7.54. The van der Waals surface area contributed by atoms with E-state index >= 15 is 0 Å². The van der Waals surface area contributed by atoms with Gasteiger partial charge in [0.05, 0.1) is 9.85 Å². The van der Waals surface area contributed by atoms with Gasteiger partial charge in [-0.25, -0.2) is 18.7 Å². The number of carbonyl (C=O) groups excluding carboxylic acids is 1. The van der Waals surface area contributed by atoms with E-state index in [1.54, 1.807) is 0 Å². The van der Waals surface area contributed by atoms with Gasteiger partial charge >= 0.3 is 5.69 Å². The third kappa shape index (κ3) is 4.81. The zero-order chi connectivity index (χ0) is 22.5. The van der Waals surface area contributed by atoms with Crippen LogP contribution in [-0.4, -0.2) is 25.7 Å². The summed E-state index contributed by atoms with van der Waals surface area (Å²) in [5.41, 5.74) is 3.26. The van der Waals surface area contributed by atoms with Crippen molar-refractivity contribution >= 4 is 34.6 Å². The zero-order valence-electron chi connectivity index (χ0n) is 15.2. The molecule has 0 unspecified atom stereocenters. The second-order valence-corrected chi connectivity index (χ2v) is 5.82. The molecule has 0 radical (unpaired) electrons. The monoisotopic (exact) mass is 431 g/mol. The first-order valence-corrected chi connectivity index (χ1v) is 8.28. The highest BCUT2D eigenvalue weighted by molar-refractivity contribution is 5.95. The number of carbonyl (C=O) groups is 1. The molecule has 12 nitrogen and oxygen atoms in total. The summed E-state index contributed by atoms with van der Waals surface area (Å²) in [4.78, 5) is 40.4. The number of nitrogens with one attached hydrogen (secondary N) is 3. The van der Waals surface area contributed by atoms with Crippen molar-refractivity contribution in [2.24, 2.45) is 0 Å². The predicted molar refractivity (Wildman–Crippen MR) is 103 cm³/mol. The van der Waals surface area contributed by atoms with Gasteiger partial charge in [0.1, 0.15) is 6.33 Å². The molecule has 0 atom stereocenters. The largest absolute Gasteiger partial charge is 0.355 e. The minimum atomic E-state index is -1.18. The summed E-state index contributed by atoms with van der Waals surface area (Å²) in [5.74, 6) is -3.90. The van der Waals surface area contributed by atoms with E-state index < -0.39 is 38.9 Å². The van der Waals surface area contributed by atoms with Crippen LogP contribution in [0, 0.1) is 31.9 Å².